The second kappa shape index (κ2) is 11.8. The molecule has 0 N–H and O–H groups in total. The Hall–Kier alpha value is -1.68. The Kier molecular flexibility index (Phi) is 9.46. The highest BCUT2D eigenvalue weighted by atomic mass is 35.5. The van der Waals surface area contributed by atoms with Crippen LogP contribution in [0.2, 0.25) is 0 Å². The zero-order valence-electron chi connectivity index (χ0n) is 21.8. The Bertz CT molecular complexity index is 1020. The number of alkyl halides is 1. The third kappa shape index (κ3) is 7.21. The lowest BCUT2D eigenvalue weighted by Crippen LogP contribution is -2.62. The summed E-state index contributed by atoms with van der Waals surface area (Å²) in [5.74, 6) is -1.88. The minimum absolute atomic E-state index is 0.107. The molecule has 0 aliphatic carbocycles. The molecule has 1 aromatic carbocycles. The number of esters is 2. The van der Waals surface area contributed by atoms with Gasteiger partial charge < -0.3 is 9.47 Å². The minimum Gasteiger partial charge on any atom is -0.465 e. The monoisotopic (exact) mass is 542 g/mol. The number of hydrogen-bond acceptors (Lipinski definition) is 8. The number of hydrogen-bond donors (Lipinski definition) is 0. The Labute approximate surface area is 220 Å². The number of aryl methyl sites for hydroxylation is 1. The molecule has 3 aliphatic heterocycles. The molecule has 0 spiro atoms. The van der Waals surface area contributed by atoms with Crippen LogP contribution < -0.4 is 0 Å². The average Bonchev–Trinajstić information content (AvgIpc) is 2.82. The van der Waals surface area contributed by atoms with Crippen molar-refractivity contribution in [3.8, 4) is 0 Å². The molecule has 8 nitrogen and oxygen atoms in total. The van der Waals surface area contributed by atoms with E-state index in [4.69, 9.17) is 21.1 Å². The van der Waals surface area contributed by atoms with E-state index in [0.717, 1.165) is 44.7 Å². The number of fused-ring (bicyclic) bond motifs is 3. The largest absolute Gasteiger partial charge is 0.465 e. The summed E-state index contributed by atoms with van der Waals surface area (Å²) >= 11 is 6.67. The SMILES string of the molecule is CCCCOC(=O)C(C)(CC(C)(Cl)C(=O)OCC1CN2CCN1CC2)CS(=O)(=O)c1ccc(C)cc1. The molecule has 202 valence electrons. The van der Waals surface area contributed by atoms with E-state index < -0.39 is 37.8 Å². The van der Waals surface area contributed by atoms with Crippen molar-refractivity contribution in [2.24, 2.45) is 5.41 Å². The normalized spacial score (nSPS) is 25.0. The number of rotatable bonds is 12. The van der Waals surface area contributed by atoms with Crippen molar-refractivity contribution in [2.75, 3.05) is 51.7 Å². The van der Waals surface area contributed by atoms with Crippen LogP contribution in [0.15, 0.2) is 29.2 Å². The van der Waals surface area contributed by atoms with E-state index in [1.807, 2.05) is 13.8 Å². The zero-order chi connectivity index (χ0) is 26.6. The van der Waals surface area contributed by atoms with Gasteiger partial charge in [-0.25, -0.2) is 8.42 Å². The lowest BCUT2D eigenvalue weighted by molar-refractivity contribution is -0.157. The molecular weight excluding hydrogens is 504 g/mol. The predicted molar refractivity (Wildman–Crippen MR) is 139 cm³/mol. The number of benzene rings is 1. The first-order chi connectivity index (χ1) is 16.9. The number of carbonyl (C=O) groups is 2. The number of unbranched alkanes of at least 4 members (excludes halogenated alkanes) is 1. The molecule has 3 atom stereocenters. The number of ether oxygens (including phenoxy) is 2. The maximum Gasteiger partial charge on any atom is 0.326 e. The molecule has 3 aliphatic rings. The Balaban J connectivity index is 1.74. The quantitative estimate of drug-likeness (QED) is 0.226. The fraction of sp³-hybridized carbons (Fsp3) is 0.692. The van der Waals surface area contributed by atoms with Gasteiger partial charge in [0, 0.05) is 32.7 Å². The zero-order valence-corrected chi connectivity index (χ0v) is 23.4. The van der Waals surface area contributed by atoms with Crippen LogP contribution in [0, 0.1) is 12.3 Å². The molecule has 4 rings (SSSR count). The van der Waals surface area contributed by atoms with Crippen LogP contribution in [0.4, 0.5) is 0 Å². The molecule has 2 bridgehead atoms. The highest BCUT2D eigenvalue weighted by Gasteiger charge is 2.48. The molecule has 3 saturated heterocycles. The van der Waals surface area contributed by atoms with Gasteiger partial charge >= 0.3 is 11.9 Å². The van der Waals surface area contributed by atoms with Crippen LogP contribution in [0.3, 0.4) is 0 Å². The number of carbonyl (C=O) groups excluding carboxylic acids is 2. The highest BCUT2D eigenvalue weighted by molar-refractivity contribution is 7.91. The van der Waals surface area contributed by atoms with Crippen molar-refractivity contribution >= 4 is 33.4 Å². The van der Waals surface area contributed by atoms with Crippen molar-refractivity contribution in [2.45, 2.75) is 62.8 Å². The van der Waals surface area contributed by atoms with E-state index in [2.05, 4.69) is 9.80 Å². The van der Waals surface area contributed by atoms with E-state index in [-0.39, 0.29) is 30.6 Å². The summed E-state index contributed by atoms with van der Waals surface area (Å²) in [7, 11) is -3.87. The summed E-state index contributed by atoms with van der Waals surface area (Å²) in [5, 5.41) is 0. The number of sulfone groups is 1. The van der Waals surface area contributed by atoms with Gasteiger partial charge in [0.05, 0.1) is 28.7 Å². The second-order valence-electron chi connectivity index (χ2n) is 10.6. The summed E-state index contributed by atoms with van der Waals surface area (Å²) in [6.07, 6.45) is 1.24. The third-order valence-electron chi connectivity index (χ3n) is 7.06. The van der Waals surface area contributed by atoms with Crippen molar-refractivity contribution in [3.05, 3.63) is 29.8 Å². The minimum atomic E-state index is -3.87. The van der Waals surface area contributed by atoms with Crippen LogP contribution >= 0.6 is 11.6 Å². The molecule has 0 saturated carbocycles. The van der Waals surface area contributed by atoms with E-state index in [1.165, 1.54) is 26.0 Å². The maximum absolute atomic E-state index is 13.3. The molecule has 0 aromatic heterocycles. The summed E-state index contributed by atoms with van der Waals surface area (Å²) < 4.78 is 37.6. The van der Waals surface area contributed by atoms with Crippen LogP contribution in [0.25, 0.3) is 0 Å². The van der Waals surface area contributed by atoms with Gasteiger partial charge in [-0.15, -0.1) is 11.6 Å². The first kappa shape index (κ1) is 28.9. The Morgan fingerprint density at radius 3 is 2.25 bits per heavy atom. The molecule has 1 aromatic rings. The van der Waals surface area contributed by atoms with Crippen molar-refractivity contribution in [3.63, 3.8) is 0 Å². The number of nitrogens with zero attached hydrogens (tertiary/aromatic N) is 2. The lowest BCUT2D eigenvalue weighted by atomic mass is 9.82. The molecular formula is C26H39ClN2O6S. The molecule has 3 fully saturated rings. The number of halogens is 1. The molecule has 0 amide bonds. The number of piperazine rings is 3. The van der Waals surface area contributed by atoms with Crippen molar-refractivity contribution in [1.29, 1.82) is 0 Å². The van der Waals surface area contributed by atoms with Gasteiger partial charge in [0.1, 0.15) is 11.5 Å². The van der Waals surface area contributed by atoms with Crippen LogP contribution in [-0.4, -0.2) is 92.8 Å². The van der Waals surface area contributed by atoms with Gasteiger partial charge in [-0.05, 0) is 45.7 Å². The summed E-state index contributed by atoms with van der Waals surface area (Å²) in [5.41, 5.74) is -0.627. The molecule has 3 heterocycles. The molecule has 36 heavy (non-hydrogen) atoms. The van der Waals surface area contributed by atoms with Gasteiger partial charge in [-0.2, -0.15) is 0 Å². The van der Waals surface area contributed by atoms with Crippen LogP contribution in [0.1, 0.15) is 45.6 Å². The van der Waals surface area contributed by atoms with Crippen molar-refractivity contribution in [1.82, 2.24) is 9.80 Å². The average molecular weight is 543 g/mol. The smallest absolute Gasteiger partial charge is 0.326 e. The molecule has 10 heteroatoms. The topological polar surface area (TPSA) is 93.2 Å². The Morgan fingerprint density at radius 2 is 1.69 bits per heavy atom. The van der Waals surface area contributed by atoms with Gasteiger partial charge in [0.15, 0.2) is 9.84 Å². The van der Waals surface area contributed by atoms with Gasteiger partial charge in [-0.1, -0.05) is 31.0 Å². The van der Waals surface area contributed by atoms with E-state index in [0.29, 0.717) is 6.42 Å². The van der Waals surface area contributed by atoms with Crippen LogP contribution in [0.5, 0.6) is 0 Å². The third-order valence-corrected chi connectivity index (χ3v) is 9.35. The summed E-state index contributed by atoms with van der Waals surface area (Å²) in [6, 6.07) is 6.56. The standard InChI is InChI=1S/C26H39ClN2O6S/c1-5-6-15-34-23(30)25(3,19-36(32,33)22-9-7-20(2)8-10-22)18-26(4,27)24(31)35-17-21-16-28-11-13-29(21)14-12-28/h7-10,21H,5-6,11-19H2,1-4H3. The van der Waals surface area contributed by atoms with Crippen LogP contribution in [-0.2, 0) is 28.9 Å². The van der Waals surface area contributed by atoms with E-state index >= 15 is 0 Å². The highest BCUT2D eigenvalue weighted by Crippen LogP contribution is 2.38. The lowest BCUT2D eigenvalue weighted by Gasteiger charge is -2.47. The maximum atomic E-state index is 13.3. The van der Waals surface area contributed by atoms with Gasteiger partial charge in [0.2, 0.25) is 0 Å². The van der Waals surface area contributed by atoms with E-state index in [1.54, 1.807) is 12.1 Å². The Morgan fingerprint density at radius 1 is 1.06 bits per heavy atom. The summed E-state index contributed by atoms with van der Waals surface area (Å²) in [6.45, 7) is 11.9. The second-order valence-corrected chi connectivity index (χ2v) is 13.4. The van der Waals surface area contributed by atoms with E-state index in [9.17, 15) is 18.0 Å². The van der Waals surface area contributed by atoms with Gasteiger partial charge in [-0.3, -0.25) is 19.4 Å². The fourth-order valence-electron chi connectivity index (χ4n) is 4.92. The molecule has 3 unspecified atom stereocenters. The molecule has 0 radical (unpaired) electrons. The van der Waals surface area contributed by atoms with Gasteiger partial charge in [0.25, 0.3) is 0 Å². The fourth-order valence-corrected chi connectivity index (χ4v) is 7.05. The van der Waals surface area contributed by atoms with Crippen molar-refractivity contribution < 1.29 is 27.5 Å². The summed E-state index contributed by atoms with van der Waals surface area (Å²) in [4.78, 5) is 29.4. The predicted octanol–water partition coefficient (Wildman–Crippen LogP) is 3.05. The first-order valence-electron chi connectivity index (χ1n) is 12.7. The first-order valence-corrected chi connectivity index (χ1v) is 14.7.